The van der Waals surface area contributed by atoms with Crippen LogP contribution in [0.25, 0.3) is 11.1 Å². The maximum Gasteiger partial charge on any atom is 0.416 e. The van der Waals surface area contributed by atoms with E-state index >= 15 is 0 Å². The van der Waals surface area contributed by atoms with Crippen LogP contribution in [0.3, 0.4) is 0 Å². The van der Waals surface area contributed by atoms with E-state index in [0.717, 1.165) is 50.2 Å². The molecule has 2 atom stereocenters. The maximum atomic E-state index is 13.1. The van der Waals surface area contributed by atoms with Gasteiger partial charge in [0, 0.05) is 18.5 Å². The van der Waals surface area contributed by atoms with Gasteiger partial charge in [-0.1, -0.05) is 18.2 Å². The van der Waals surface area contributed by atoms with E-state index in [9.17, 15) is 18.0 Å². The van der Waals surface area contributed by atoms with Crippen molar-refractivity contribution in [1.29, 1.82) is 0 Å². The quantitative estimate of drug-likeness (QED) is 0.720. The summed E-state index contributed by atoms with van der Waals surface area (Å²) in [4.78, 5) is 15.0. The standard InChI is InChI=1S/C24H25F3N2O3/c25-24(26,27)18-3-1-2-16(12-18)17-4-5-21-19(13-17)20(8-11-31-21)28-23(30)32-22-14-29-9-6-15(22)7-10-29/h1-5,12-13,15,20,22H,6-11,14H2,(H,28,30)/t20?,22-/m0/s1. The molecule has 170 valence electrons. The minimum Gasteiger partial charge on any atom is -0.493 e. The smallest absolute Gasteiger partial charge is 0.416 e. The summed E-state index contributed by atoms with van der Waals surface area (Å²) in [6, 6.07) is 10.2. The zero-order valence-electron chi connectivity index (χ0n) is 17.5. The van der Waals surface area contributed by atoms with Crippen molar-refractivity contribution in [3.63, 3.8) is 0 Å². The molecule has 32 heavy (non-hydrogen) atoms. The molecule has 6 rings (SSSR count). The average Bonchev–Trinajstić information content (AvgIpc) is 2.79. The lowest BCUT2D eigenvalue weighted by atomic mass is 9.86. The number of fused-ring (bicyclic) bond motifs is 4. The minimum atomic E-state index is -4.41. The predicted molar refractivity (Wildman–Crippen MR) is 112 cm³/mol. The van der Waals surface area contributed by atoms with Crippen molar-refractivity contribution in [3.8, 4) is 16.9 Å². The molecule has 2 bridgehead atoms. The molecular formula is C24H25F3N2O3. The van der Waals surface area contributed by atoms with Crippen LogP contribution in [0.1, 0.15) is 36.4 Å². The first-order valence-electron chi connectivity index (χ1n) is 11.0. The highest BCUT2D eigenvalue weighted by atomic mass is 19.4. The molecule has 2 aromatic carbocycles. The Bertz CT molecular complexity index is 1000. The van der Waals surface area contributed by atoms with Crippen molar-refractivity contribution in [3.05, 3.63) is 53.6 Å². The van der Waals surface area contributed by atoms with Crippen molar-refractivity contribution < 1.29 is 27.4 Å². The fraction of sp³-hybridized carbons (Fsp3) is 0.458. The molecule has 0 aromatic heterocycles. The number of hydrogen-bond acceptors (Lipinski definition) is 4. The molecule has 1 unspecified atom stereocenters. The van der Waals surface area contributed by atoms with Crippen LogP contribution in [0.2, 0.25) is 0 Å². The highest BCUT2D eigenvalue weighted by molar-refractivity contribution is 5.70. The second kappa shape index (κ2) is 8.31. The van der Waals surface area contributed by atoms with Crippen LogP contribution in [-0.2, 0) is 10.9 Å². The summed E-state index contributed by atoms with van der Waals surface area (Å²) in [5.41, 5.74) is 1.15. The van der Waals surface area contributed by atoms with Gasteiger partial charge in [0.05, 0.1) is 18.2 Å². The zero-order valence-corrected chi connectivity index (χ0v) is 17.5. The number of carbonyl (C=O) groups is 1. The Balaban J connectivity index is 1.33. The molecule has 5 nitrogen and oxygen atoms in total. The number of alkyl carbamates (subject to hydrolysis) is 1. The first-order valence-corrected chi connectivity index (χ1v) is 11.0. The van der Waals surface area contributed by atoms with Gasteiger partial charge in [0.1, 0.15) is 11.9 Å². The highest BCUT2D eigenvalue weighted by Gasteiger charge is 2.37. The van der Waals surface area contributed by atoms with E-state index in [1.165, 1.54) is 6.07 Å². The lowest BCUT2D eigenvalue weighted by Gasteiger charge is -2.44. The second-order valence-corrected chi connectivity index (χ2v) is 8.75. The number of halogens is 3. The summed E-state index contributed by atoms with van der Waals surface area (Å²) >= 11 is 0. The van der Waals surface area contributed by atoms with Gasteiger partial charge < -0.3 is 14.8 Å². The van der Waals surface area contributed by atoms with E-state index in [1.807, 2.05) is 0 Å². The van der Waals surface area contributed by atoms with Crippen molar-refractivity contribution >= 4 is 6.09 Å². The zero-order chi connectivity index (χ0) is 22.3. The van der Waals surface area contributed by atoms with E-state index in [2.05, 4.69) is 10.2 Å². The molecule has 3 saturated heterocycles. The molecule has 4 aliphatic rings. The number of piperidine rings is 3. The van der Waals surface area contributed by atoms with Crippen molar-refractivity contribution in [2.45, 2.75) is 37.6 Å². The van der Waals surface area contributed by atoms with Gasteiger partial charge in [-0.15, -0.1) is 0 Å². The molecule has 0 saturated carbocycles. The van der Waals surface area contributed by atoms with E-state index in [0.29, 0.717) is 35.8 Å². The lowest BCUT2D eigenvalue weighted by Crippen LogP contribution is -2.52. The fourth-order valence-corrected chi connectivity index (χ4v) is 4.96. The van der Waals surface area contributed by atoms with Gasteiger partial charge >= 0.3 is 12.3 Å². The second-order valence-electron chi connectivity index (χ2n) is 8.75. The van der Waals surface area contributed by atoms with Crippen molar-refractivity contribution in [1.82, 2.24) is 10.2 Å². The number of benzene rings is 2. The summed E-state index contributed by atoms with van der Waals surface area (Å²) in [5.74, 6) is 1.04. The van der Waals surface area contributed by atoms with Crippen LogP contribution in [0, 0.1) is 5.92 Å². The number of alkyl halides is 3. The Morgan fingerprint density at radius 1 is 1.06 bits per heavy atom. The van der Waals surface area contributed by atoms with Crippen molar-refractivity contribution in [2.75, 3.05) is 26.2 Å². The lowest BCUT2D eigenvalue weighted by molar-refractivity contribution is -0.137. The van der Waals surface area contributed by atoms with Gasteiger partial charge in [-0.3, -0.25) is 4.90 Å². The third-order valence-electron chi connectivity index (χ3n) is 6.72. The SMILES string of the molecule is O=C(NC1CCOc2ccc(-c3cccc(C(F)(F)F)c3)cc21)O[C@H]1CN2CCC1CC2. The summed E-state index contributed by atoms with van der Waals surface area (Å²) in [6.07, 6.45) is -2.28. The van der Waals surface area contributed by atoms with Crippen LogP contribution in [0.5, 0.6) is 5.75 Å². The first kappa shape index (κ1) is 21.1. The van der Waals surface area contributed by atoms with Crippen LogP contribution in [-0.4, -0.2) is 43.3 Å². The molecule has 4 heterocycles. The third-order valence-corrected chi connectivity index (χ3v) is 6.72. The molecule has 2 aromatic rings. The number of nitrogens with zero attached hydrogens (tertiary/aromatic N) is 1. The van der Waals surface area contributed by atoms with Gasteiger partial charge in [0.15, 0.2) is 0 Å². The van der Waals surface area contributed by atoms with Gasteiger partial charge in [-0.2, -0.15) is 13.2 Å². The van der Waals surface area contributed by atoms with Gasteiger partial charge in [0.2, 0.25) is 0 Å². The Kier molecular flexibility index (Phi) is 5.49. The van der Waals surface area contributed by atoms with E-state index < -0.39 is 17.8 Å². The molecular weight excluding hydrogens is 421 g/mol. The van der Waals surface area contributed by atoms with Gasteiger partial charge in [-0.25, -0.2) is 4.79 Å². The number of amides is 1. The van der Waals surface area contributed by atoms with E-state index in [1.54, 1.807) is 24.3 Å². The highest BCUT2D eigenvalue weighted by Crippen LogP contribution is 2.37. The molecule has 4 aliphatic heterocycles. The normalized spacial score (nSPS) is 26.7. The van der Waals surface area contributed by atoms with E-state index in [-0.39, 0.29) is 12.1 Å². The van der Waals surface area contributed by atoms with Crippen LogP contribution in [0.15, 0.2) is 42.5 Å². The minimum absolute atomic E-state index is 0.0896. The molecule has 1 N–H and O–H groups in total. The molecule has 3 fully saturated rings. The summed E-state index contributed by atoms with van der Waals surface area (Å²) in [6.45, 7) is 3.36. The summed E-state index contributed by atoms with van der Waals surface area (Å²) < 4.78 is 50.8. The molecule has 0 aliphatic carbocycles. The third kappa shape index (κ3) is 4.28. The van der Waals surface area contributed by atoms with Crippen LogP contribution in [0.4, 0.5) is 18.0 Å². The van der Waals surface area contributed by atoms with Gasteiger partial charge in [0.25, 0.3) is 0 Å². The Morgan fingerprint density at radius 2 is 1.84 bits per heavy atom. The van der Waals surface area contributed by atoms with E-state index in [4.69, 9.17) is 9.47 Å². The topological polar surface area (TPSA) is 50.8 Å². The molecule has 0 radical (unpaired) electrons. The maximum absolute atomic E-state index is 13.1. The molecule has 0 spiro atoms. The molecule has 1 amide bonds. The Hall–Kier alpha value is -2.74. The number of ether oxygens (including phenoxy) is 2. The van der Waals surface area contributed by atoms with Gasteiger partial charge in [-0.05, 0) is 67.2 Å². The number of hydrogen-bond donors (Lipinski definition) is 1. The summed E-state index contributed by atoms with van der Waals surface area (Å²) in [5, 5.41) is 2.96. The van der Waals surface area contributed by atoms with Crippen molar-refractivity contribution in [2.24, 2.45) is 5.92 Å². The Labute approximate surface area is 184 Å². The monoisotopic (exact) mass is 446 g/mol. The largest absolute Gasteiger partial charge is 0.493 e. The fourth-order valence-electron chi connectivity index (χ4n) is 4.96. The molecule has 8 heteroatoms. The number of rotatable bonds is 3. The average molecular weight is 446 g/mol. The van der Waals surface area contributed by atoms with Crippen LogP contribution >= 0.6 is 0 Å². The number of carbonyl (C=O) groups excluding carboxylic acids is 1. The predicted octanol–water partition coefficient (Wildman–Crippen LogP) is 5.02. The Morgan fingerprint density at radius 3 is 2.56 bits per heavy atom. The van der Waals surface area contributed by atoms with Crippen LogP contribution < -0.4 is 10.1 Å². The summed E-state index contributed by atoms with van der Waals surface area (Å²) in [7, 11) is 0. The first-order chi connectivity index (χ1) is 15.4. The number of nitrogens with one attached hydrogen (secondary N) is 1.